The van der Waals surface area contributed by atoms with Gasteiger partial charge in [0.05, 0.1) is 7.11 Å². The van der Waals surface area contributed by atoms with Crippen LogP contribution < -0.4 is 10.1 Å². The van der Waals surface area contributed by atoms with Gasteiger partial charge in [0.1, 0.15) is 0 Å². The molecule has 2 heterocycles. The van der Waals surface area contributed by atoms with Crippen LogP contribution in [-0.2, 0) is 24.2 Å². The first kappa shape index (κ1) is 21.2. The van der Waals surface area contributed by atoms with Gasteiger partial charge >= 0.3 is 0 Å². The maximum Gasteiger partial charge on any atom is 0.226 e. The van der Waals surface area contributed by atoms with Gasteiger partial charge in [-0.15, -0.1) is 0 Å². The molecule has 1 aromatic carbocycles. The van der Waals surface area contributed by atoms with Crippen molar-refractivity contribution < 1.29 is 18.4 Å². The molecular formula is C21H29FN4O3. The Morgan fingerprint density at radius 1 is 1.38 bits per heavy atom. The molecule has 8 heteroatoms. The standard InChI is InChI=1S/C21H29FN4O3/c1-3-19-24-21(29-25-19)6-4-5-20(27)23-16-9-11-26(12-10-16)14-15-7-8-18(28-2)17(22)13-15/h7-8,13,16H,3-6,9-12,14H2,1-2H3,(H,23,27). The third-order valence-electron chi connectivity index (χ3n) is 5.20. The van der Waals surface area contributed by atoms with Crippen molar-refractivity contribution in [1.82, 2.24) is 20.4 Å². The molecule has 1 saturated heterocycles. The third-order valence-corrected chi connectivity index (χ3v) is 5.20. The summed E-state index contributed by atoms with van der Waals surface area (Å²) in [5.74, 6) is 1.29. The first-order valence-corrected chi connectivity index (χ1v) is 10.2. The van der Waals surface area contributed by atoms with Crippen LogP contribution in [-0.4, -0.2) is 47.2 Å². The zero-order valence-electron chi connectivity index (χ0n) is 17.1. The predicted molar refractivity (Wildman–Crippen MR) is 106 cm³/mol. The van der Waals surface area contributed by atoms with Crippen molar-refractivity contribution >= 4 is 5.91 Å². The number of benzene rings is 1. The van der Waals surface area contributed by atoms with E-state index in [0.717, 1.165) is 37.9 Å². The molecule has 0 unspecified atom stereocenters. The van der Waals surface area contributed by atoms with E-state index in [1.54, 1.807) is 6.07 Å². The van der Waals surface area contributed by atoms with Gasteiger partial charge in [-0.2, -0.15) is 4.98 Å². The van der Waals surface area contributed by atoms with Crippen LogP contribution in [0.1, 0.15) is 49.9 Å². The molecule has 7 nitrogen and oxygen atoms in total. The van der Waals surface area contributed by atoms with Crippen LogP contribution >= 0.6 is 0 Å². The highest BCUT2D eigenvalue weighted by molar-refractivity contribution is 5.76. The van der Waals surface area contributed by atoms with E-state index in [1.807, 2.05) is 13.0 Å². The fourth-order valence-electron chi connectivity index (χ4n) is 3.54. The number of aromatic nitrogens is 2. The second kappa shape index (κ2) is 10.3. The SMILES string of the molecule is CCc1noc(CCCC(=O)NC2CCN(Cc3ccc(OC)c(F)c3)CC2)n1. The molecule has 0 spiro atoms. The summed E-state index contributed by atoms with van der Waals surface area (Å²) < 4.78 is 23.9. The smallest absolute Gasteiger partial charge is 0.226 e. The number of nitrogens with one attached hydrogen (secondary N) is 1. The van der Waals surface area contributed by atoms with Gasteiger partial charge in [-0.3, -0.25) is 9.69 Å². The van der Waals surface area contributed by atoms with E-state index < -0.39 is 0 Å². The molecule has 1 N–H and O–H groups in total. The first-order valence-electron chi connectivity index (χ1n) is 10.2. The van der Waals surface area contributed by atoms with Gasteiger partial charge in [0, 0.05) is 44.9 Å². The lowest BCUT2D eigenvalue weighted by molar-refractivity contribution is -0.122. The van der Waals surface area contributed by atoms with Crippen LogP contribution in [0.2, 0.25) is 0 Å². The molecule has 1 aromatic heterocycles. The lowest BCUT2D eigenvalue weighted by Gasteiger charge is -2.32. The molecule has 0 atom stereocenters. The Kier molecular flexibility index (Phi) is 7.57. The summed E-state index contributed by atoms with van der Waals surface area (Å²) in [6.45, 7) is 4.43. The maximum absolute atomic E-state index is 13.8. The van der Waals surface area contributed by atoms with Gasteiger partial charge in [0.2, 0.25) is 11.8 Å². The van der Waals surface area contributed by atoms with Crippen molar-refractivity contribution in [3.05, 3.63) is 41.3 Å². The van der Waals surface area contributed by atoms with Gasteiger partial charge < -0.3 is 14.6 Å². The summed E-state index contributed by atoms with van der Waals surface area (Å²) in [6.07, 6.45) is 4.31. The minimum absolute atomic E-state index is 0.0657. The van der Waals surface area contributed by atoms with Crippen molar-refractivity contribution in [2.24, 2.45) is 0 Å². The van der Waals surface area contributed by atoms with E-state index in [9.17, 15) is 9.18 Å². The average molecular weight is 404 g/mol. The molecule has 1 amide bonds. The van der Waals surface area contributed by atoms with Crippen molar-refractivity contribution in [3.8, 4) is 5.75 Å². The Hall–Kier alpha value is -2.48. The summed E-state index contributed by atoms with van der Waals surface area (Å²) >= 11 is 0. The van der Waals surface area contributed by atoms with E-state index in [-0.39, 0.29) is 23.5 Å². The van der Waals surface area contributed by atoms with Crippen molar-refractivity contribution in [2.45, 2.75) is 58.0 Å². The number of nitrogens with zero attached hydrogens (tertiary/aromatic N) is 3. The predicted octanol–water partition coefficient (Wildman–Crippen LogP) is 2.88. The maximum atomic E-state index is 13.8. The first-order chi connectivity index (χ1) is 14.1. The number of aryl methyl sites for hydroxylation is 2. The molecule has 1 aliphatic rings. The van der Waals surface area contributed by atoms with Crippen LogP contribution in [0.25, 0.3) is 0 Å². The number of carbonyl (C=O) groups is 1. The summed E-state index contributed by atoms with van der Waals surface area (Å²) in [5, 5.41) is 6.98. The molecule has 1 aliphatic heterocycles. The summed E-state index contributed by atoms with van der Waals surface area (Å²) in [6, 6.07) is 5.28. The minimum atomic E-state index is -0.335. The van der Waals surface area contributed by atoms with Gasteiger partial charge in [-0.05, 0) is 37.0 Å². The fourth-order valence-corrected chi connectivity index (χ4v) is 3.54. The molecule has 0 saturated carbocycles. The summed E-state index contributed by atoms with van der Waals surface area (Å²) in [7, 11) is 1.46. The van der Waals surface area contributed by atoms with E-state index in [4.69, 9.17) is 9.26 Å². The number of rotatable bonds is 9. The number of carbonyl (C=O) groups excluding carboxylic acids is 1. The van der Waals surface area contributed by atoms with Crippen LogP contribution in [0.4, 0.5) is 4.39 Å². The number of amides is 1. The van der Waals surface area contributed by atoms with E-state index in [2.05, 4.69) is 20.4 Å². The van der Waals surface area contributed by atoms with Gasteiger partial charge in [-0.1, -0.05) is 18.1 Å². The molecular weight excluding hydrogens is 375 g/mol. The number of hydrogen-bond donors (Lipinski definition) is 1. The molecule has 1 fully saturated rings. The highest BCUT2D eigenvalue weighted by atomic mass is 19.1. The lowest BCUT2D eigenvalue weighted by Crippen LogP contribution is -2.44. The number of ether oxygens (including phenoxy) is 1. The number of piperidine rings is 1. The number of hydrogen-bond acceptors (Lipinski definition) is 6. The highest BCUT2D eigenvalue weighted by Gasteiger charge is 2.21. The largest absolute Gasteiger partial charge is 0.494 e. The zero-order valence-corrected chi connectivity index (χ0v) is 17.1. The molecule has 0 bridgehead atoms. The molecule has 2 aromatic rings. The molecule has 29 heavy (non-hydrogen) atoms. The Morgan fingerprint density at radius 2 is 2.17 bits per heavy atom. The average Bonchev–Trinajstić information content (AvgIpc) is 3.18. The number of likely N-dealkylation sites (tertiary alicyclic amines) is 1. The Labute approximate surface area is 170 Å². The number of halogens is 1. The van der Waals surface area contributed by atoms with Gasteiger partial charge in [-0.25, -0.2) is 4.39 Å². The van der Waals surface area contributed by atoms with Gasteiger partial charge in [0.15, 0.2) is 17.4 Å². The summed E-state index contributed by atoms with van der Waals surface area (Å²) in [5.41, 5.74) is 0.929. The quantitative estimate of drug-likeness (QED) is 0.692. The second-order valence-corrected chi connectivity index (χ2v) is 7.40. The molecule has 158 valence electrons. The third kappa shape index (κ3) is 6.25. The fraction of sp³-hybridized carbons (Fsp3) is 0.571. The van der Waals surface area contributed by atoms with E-state index in [1.165, 1.54) is 13.2 Å². The van der Waals surface area contributed by atoms with Gasteiger partial charge in [0.25, 0.3) is 0 Å². The topological polar surface area (TPSA) is 80.5 Å². The second-order valence-electron chi connectivity index (χ2n) is 7.40. The van der Waals surface area contributed by atoms with Crippen LogP contribution in [0.3, 0.4) is 0 Å². The van der Waals surface area contributed by atoms with Crippen molar-refractivity contribution in [2.75, 3.05) is 20.2 Å². The number of methoxy groups -OCH3 is 1. The molecule has 0 aliphatic carbocycles. The Balaban J connectivity index is 1.34. The van der Waals surface area contributed by atoms with Crippen LogP contribution in [0.5, 0.6) is 5.75 Å². The Morgan fingerprint density at radius 3 is 2.83 bits per heavy atom. The van der Waals surface area contributed by atoms with E-state index in [0.29, 0.717) is 37.5 Å². The van der Waals surface area contributed by atoms with Crippen molar-refractivity contribution in [3.63, 3.8) is 0 Å². The van der Waals surface area contributed by atoms with Crippen LogP contribution in [0.15, 0.2) is 22.7 Å². The summed E-state index contributed by atoms with van der Waals surface area (Å²) in [4.78, 5) is 18.7. The monoisotopic (exact) mass is 404 g/mol. The highest BCUT2D eigenvalue weighted by Crippen LogP contribution is 2.20. The minimum Gasteiger partial charge on any atom is -0.494 e. The van der Waals surface area contributed by atoms with E-state index >= 15 is 0 Å². The Bertz CT molecular complexity index is 803. The molecule has 3 rings (SSSR count). The van der Waals surface area contributed by atoms with Crippen molar-refractivity contribution in [1.29, 1.82) is 0 Å². The zero-order chi connectivity index (χ0) is 20.6. The molecule has 0 radical (unpaired) electrons. The normalized spacial score (nSPS) is 15.4. The lowest BCUT2D eigenvalue weighted by atomic mass is 10.0. The van der Waals surface area contributed by atoms with Crippen LogP contribution in [0, 0.1) is 5.82 Å².